The van der Waals surface area contributed by atoms with Gasteiger partial charge in [-0.15, -0.1) is 0 Å². The first-order chi connectivity index (χ1) is 13.5. The van der Waals surface area contributed by atoms with Crippen molar-refractivity contribution in [3.05, 3.63) is 70.1 Å². The van der Waals surface area contributed by atoms with Crippen LogP contribution in [-0.2, 0) is 11.4 Å². The molecule has 28 heavy (non-hydrogen) atoms. The van der Waals surface area contributed by atoms with Gasteiger partial charge in [-0.3, -0.25) is 14.5 Å². The normalized spacial score (nSPS) is 15.4. The van der Waals surface area contributed by atoms with Gasteiger partial charge in [0, 0.05) is 17.7 Å². The smallest absolute Gasteiger partial charge is 0.293 e. The molecule has 1 saturated heterocycles. The summed E-state index contributed by atoms with van der Waals surface area (Å²) in [7, 11) is 0. The minimum Gasteiger partial charge on any atom is -0.488 e. The van der Waals surface area contributed by atoms with Gasteiger partial charge in [0.05, 0.1) is 16.5 Å². The fraction of sp³-hybridized carbons (Fsp3) is 0.227. The first-order valence-electron chi connectivity index (χ1n) is 8.94. The summed E-state index contributed by atoms with van der Waals surface area (Å²) in [6.07, 6.45) is 1.69. The Kier molecular flexibility index (Phi) is 6.17. The SMILES string of the molecule is CC(C)CN1C(=O)S/C(=C/c2ccccc2OCc2ccccc2C#N)C1=O. The molecule has 142 valence electrons. The predicted molar refractivity (Wildman–Crippen MR) is 109 cm³/mol. The summed E-state index contributed by atoms with van der Waals surface area (Å²) in [5.74, 6) is 0.530. The number of carbonyl (C=O) groups excluding carboxylic acids is 2. The summed E-state index contributed by atoms with van der Waals surface area (Å²) in [6.45, 7) is 4.58. The number of rotatable bonds is 6. The fourth-order valence-electron chi connectivity index (χ4n) is 2.81. The highest BCUT2D eigenvalue weighted by Gasteiger charge is 2.35. The zero-order valence-corrected chi connectivity index (χ0v) is 16.5. The fourth-order valence-corrected chi connectivity index (χ4v) is 3.64. The molecule has 2 aromatic rings. The lowest BCUT2D eigenvalue weighted by Gasteiger charge is -2.14. The second kappa shape index (κ2) is 8.77. The van der Waals surface area contributed by atoms with Crippen LogP contribution in [0.25, 0.3) is 6.08 Å². The summed E-state index contributed by atoms with van der Waals surface area (Å²) < 4.78 is 5.91. The third kappa shape index (κ3) is 4.44. The standard InChI is InChI=1S/C22H20N2O3S/c1-15(2)13-24-21(25)20(28-22(24)26)11-16-7-5-6-10-19(16)27-14-18-9-4-3-8-17(18)12-23/h3-11,15H,13-14H2,1-2H3/b20-11+. The van der Waals surface area contributed by atoms with Crippen molar-refractivity contribution in [2.24, 2.45) is 5.92 Å². The maximum absolute atomic E-state index is 12.6. The van der Waals surface area contributed by atoms with E-state index < -0.39 is 0 Å². The lowest BCUT2D eigenvalue weighted by Crippen LogP contribution is -2.31. The number of imide groups is 1. The summed E-state index contributed by atoms with van der Waals surface area (Å²) in [6, 6.07) is 16.7. The Morgan fingerprint density at radius 1 is 1.14 bits per heavy atom. The number of para-hydroxylation sites is 1. The van der Waals surface area contributed by atoms with Crippen LogP contribution in [0.1, 0.15) is 30.5 Å². The van der Waals surface area contributed by atoms with E-state index in [1.807, 2.05) is 50.2 Å². The van der Waals surface area contributed by atoms with Crippen molar-refractivity contribution in [3.8, 4) is 11.8 Å². The quantitative estimate of drug-likeness (QED) is 0.659. The second-order valence-electron chi connectivity index (χ2n) is 6.78. The van der Waals surface area contributed by atoms with Crippen LogP contribution in [0, 0.1) is 17.2 Å². The minimum atomic E-state index is -0.270. The zero-order chi connectivity index (χ0) is 20.1. The number of thioether (sulfide) groups is 1. The van der Waals surface area contributed by atoms with Crippen LogP contribution in [0.2, 0.25) is 0 Å². The van der Waals surface area contributed by atoms with Gasteiger partial charge in [-0.25, -0.2) is 0 Å². The molecule has 0 unspecified atom stereocenters. The topological polar surface area (TPSA) is 70.4 Å². The number of ether oxygens (including phenoxy) is 1. The van der Waals surface area contributed by atoms with Crippen LogP contribution in [0.4, 0.5) is 4.79 Å². The molecule has 1 heterocycles. The van der Waals surface area contributed by atoms with Crippen molar-refractivity contribution in [2.75, 3.05) is 6.54 Å². The Hall–Kier alpha value is -3.04. The van der Waals surface area contributed by atoms with Gasteiger partial charge in [0.15, 0.2) is 0 Å². The molecular formula is C22H20N2O3S. The number of carbonyl (C=O) groups is 2. The summed E-state index contributed by atoms with van der Waals surface area (Å²) in [5, 5.41) is 8.97. The van der Waals surface area contributed by atoms with Crippen LogP contribution in [0.5, 0.6) is 5.75 Å². The van der Waals surface area contributed by atoms with Crippen LogP contribution in [-0.4, -0.2) is 22.6 Å². The van der Waals surface area contributed by atoms with E-state index >= 15 is 0 Å². The molecule has 5 nitrogen and oxygen atoms in total. The van der Waals surface area contributed by atoms with Crippen LogP contribution in [0.15, 0.2) is 53.4 Å². The molecule has 0 N–H and O–H groups in total. The monoisotopic (exact) mass is 392 g/mol. The molecule has 1 fully saturated rings. The molecule has 1 aliphatic heterocycles. The van der Waals surface area contributed by atoms with Gasteiger partial charge >= 0.3 is 0 Å². The molecule has 0 bridgehead atoms. The molecule has 0 aromatic heterocycles. The molecule has 0 saturated carbocycles. The first-order valence-corrected chi connectivity index (χ1v) is 9.76. The Balaban J connectivity index is 1.81. The lowest BCUT2D eigenvalue weighted by atomic mass is 10.1. The van der Waals surface area contributed by atoms with Gasteiger partial charge in [-0.1, -0.05) is 50.2 Å². The van der Waals surface area contributed by atoms with Gasteiger partial charge in [0.25, 0.3) is 11.1 Å². The van der Waals surface area contributed by atoms with E-state index in [0.717, 1.165) is 17.3 Å². The van der Waals surface area contributed by atoms with Gasteiger partial charge in [0.1, 0.15) is 12.4 Å². The van der Waals surface area contributed by atoms with Crippen molar-refractivity contribution >= 4 is 29.0 Å². The molecule has 0 spiro atoms. The van der Waals surface area contributed by atoms with Crippen molar-refractivity contribution in [1.82, 2.24) is 4.90 Å². The molecule has 0 atom stereocenters. The van der Waals surface area contributed by atoms with E-state index in [1.54, 1.807) is 18.2 Å². The van der Waals surface area contributed by atoms with E-state index in [4.69, 9.17) is 4.74 Å². The van der Waals surface area contributed by atoms with Gasteiger partial charge in [-0.2, -0.15) is 5.26 Å². The van der Waals surface area contributed by atoms with Gasteiger partial charge in [0.2, 0.25) is 0 Å². The maximum atomic E-state index is 12.6. The van der Waals surface area contributed by atoms with Gasteiger partial charge in [-0.05, 0) is 35.9 Å². The van der Waals surface area contributed by atoms with Crippen molar-refractivity contribution < 1.29 is 14.3 Å². The molecule has 6 heteroatoms. The van der Waals surface area contributed by atoms with Crippen LogP contribution < -0.4 is 4.74 Å². The highest BCUT2D eigenvalue weighted by atomic mass is 32.2. The van der Waals surface area contributed by atoms with Gasteiger partial charge < -0.3 is 4.74 Å². The second-order valence-corrected chi connectivity index (χ2v) is 7.77. The summed E-state index contributed by atoms with van der Waals surface area (Å²) in [4.78, 5) is 26.4. The maximum Gasteiger partial charge on any atom is 0.293 e. The minimum absolute atomic E-state index is 0.212. The van der Waals surface area contributed by atoms with Crippen molar-refractivity contribution in [1.29, 1.82) is 5.26 Å². The average Bonchev–Trinajstić information content (AvgIpc) is 2.94. The lowest BCUT2D eigenvalue weighted by molar-refractivity contribution is -0.123. The predicted octanol–water partition coefficient (Wildman–Crippen LogP) is 4.83. The molecule has 2 aromatic carbocycles. The Labute approximate surface area is 168 Å². The Bertz CT molecular complexity index is 976. The van der Waals surface area contributed by atoms with Crippen LogP contribution >= 0.6 is 11.8 Å². The third-order valence-electron chi connectivity index (χ3n) is 4.15. The zero-order valence-electron chi connectivity index (χ0n) is 15.7. The van der Waals surface area contributed by atoms with E-state index in [9.17, 15) is 14.9 Å². The van der Waals surface area contributed by atoms with E-state index in [1.165, 1.54) is 4.90 Å². The average molecular weight is 392 g/mol. The first kappa shape index (κ1) is 19.7. The number of hydrogen-bond acceptors (Lipinski definition) is 5. The highest BCUT2D eigenvalue weighted by molar-refractivity contribution is 8.18. The number of amides is 2. The van der Waals surface area contributed by atoms with E-state index in [-0.39, 0.29) is 23.7 Å². The summed E-state index contributed by atoms with van der Waals surface area (Å²) >= 11 is 0.948. The van der Waals surface area contributed by atoms with E-state index in [2.05, 4.69) is 6.07 Å². The van der Waals surface area contributed by atoms with E-state index in [0.29, 0.717) is 28.3 Å². The Morgan fingerprint density at radius 3 is 2.61 bits per heavy atom. The number of nitrogens with zero attached hydrogens (tertiary/aromatic N) is 2. The molecule has 3 rings (SSSR count). The molecule has 1 aliphatic rings. The molecular weight excluding hydrogens is 372 g/mol. The van der Waals surface area contributed by atoms with Crippen molar-refractivity contribution in [2.45, 2.75) is 20.5 Å². The molecule has 2 amide bonds. The summed E-state index contributed by atoms with van der Waals surface area (Å²) in [5.41, 5.74) is 2.07. The van der Waals surface area contributed by atoms with Crippen LogP contribution in [0.3, 0.4) is 0 Å². The Morgan fingerprint density at radius 2 is 1.86 bits per heavy atom. The number of benzene rings is 2. The largest absolute Gasteiger partial charge is 0.488 e. The number of nitriles is 1. The van der Waals surface area contributed by atoms with Crippen molar-refractivity contribution in [3.63, 3.8) is 0 Å². The number of hydrogen-bond donors (Lipinski definition) is 0. The molecule has 0 aliphatic carbocycles. The third-order valence-corrected chi connectivity index (χ3v) is 5.06. The highest BCUT2D eigenvalue weighted by Crippen LogP contribution is 2.34. The molecule has 0 radical (unpaired) electrons.